The van der Waals surface area contributed by atoms with Crippen LogP contribution in [0, 0.1) is 5.92 Å². The normalized spacial score (nSPS) is 41.7. The summed E-state index contributed by atoms with van der Waals surface area (Å²) >= 11 is 0. The third kappa shape index (κ3) is 3.05. The molecule has 0 radical (unpaired) electrons. The highest BCUT2D eigenvalue weighted by Crippen LogP contribution is 2.29. The molecule has 1 heterocycles. The number of methoxy groups -OCH3 is 1. The second-order valence-electron chi connectivity index (χ2n) is 5.84. The molecule has 1 saturated carbocycles. The summed E-state index contributed by atoms with van der Waals surface area (Å²) < 4.78 is 11.2. The zero-order chi connectivity index (χ0) is 13.1. The highest BCUT2D eigenvalue weighted by molar-refractivity contribution is 4.99. The standard InChI is InChI=1S/C14H28N2O2/c1-5-18-13-8-12(14(13)17-4)15-11-6-7-16(3)9-10(11)2/h10-15H,5-9H2,1-4H3. The summed E-state index contributed by atoms with van der Waals surface area (Å²) in [5.41, 5.74) is 0. The van der Waals surface area contributed by atoms with E-state index in [2.05, 4.69) is 24.2 Å². The highest BCUT2D eigenvalue weighted by atomic mass is 16.5. The SMILES string of the molecule is CCOC1CC(NC2CCN(C)CC2C)C1OC. The Labute approximate surface area is 111 Å². The molecular formula is C14H28N2O2. The van der Waals surface area contributed by atoms with E-state index in [9.17, 15) is 0 Å². The zero-order valence-corrected chi connectivity index (χ0v) is 12.2. The van der Waals surface area contributed by atoms with E-state index in [1.54, 1.807) is 7.11 Å². The molecule has 0 aromatic rings. The average molecular weight is 256 g/mol. The quantitative estimate of drug-likeness (QED) is 0.799. The molecular weight excluding hydrogens is 228 g/mol. The maximum Gasteiger partial charge on any atom is 0.0986 e. The van der Waals surface area contributed by atoms with Crippen LogP contribution in [0.5, 0.6) is 0 Å². The Hall–Kier alpha value is -0.160. The van der Waals surface area contributed by atoms with Gasteiger partial charge in [-0.25, -0.2) is 0 Å². The molecule has 5 atom stereocenters. The molecule has 106 valence electrons. The molecule has 2 aliphatic rings. The Morgan fingerprint density at radius 3 is 2.72 bits per heavy atom. The first-order valence-electron chi connectivity index (χ1n) is 7.24. The van der Waals surface area contributed by atoms with Crippen LogP contribution in [0.3, 0.4) is 0 Å². The minimum absolute atomic E-state index is 0.233. The van der Waals surface area contributed by atoms with E-state index < -0.39 is 0 Å². The molecule has 0 aromatic carbocycles. The van der Waals surface area contributed by atoms with Crippen LogP contribution in [0.1, 0.15) is 26.7 Å². The van der Waals surface area contributed by atoms with Crippen LogP contribution in [0.15, 0.2) is 0 Å². The number of likely N-dealkylation sites (tertiary alicyclic amines) is 1. The van der Waals surface area contributed by atoms with Crippen molar-refractivity contribution in [2.24, 2.45) is 5.92 Å². The lowest BCUT2D eigenvalue weighted by Gasteiger charge is -2.47. The van der Waals surface area contributed by atoms with Gasteiger partial charge in [-0.3, -0.25) is 0 Å². The van der Waals surface area contributed by atoms with Gasteiger partial charge in [0.1, 0.15) is 0 Å². The van der Waals surface area contributed by atoms with Crippen LogP contribution in [-0.4, -0.2) is 63.0 Å². The number of piperidine rings is 1. The first-order chi connectivity index (χ1) is 8.65. The van der Waals surface area contributed by atoms with Crippen LogP contribution in [-0.2, 0) is 9.47 Å². The Bertz CT molecular complexity index is 262. The lowest BCUT2D eigenvalue weighted by molar-refractivity contribution is -0.135. The molecule has 1 aliphatic carbocycles. The van der Waals surface area contributed by atoms with Crippen molar-refractivity contribution >= 4 is 0 Å². The Balaban J connectivity index is 1.80. The first-order valence-corrected chi connectivity index (χ1v) is 7.24. The van der Waals surface area contributed by atoms with Gasteiger partial charge in [0.25, 0.3) is 0 Å². The Morgan fingerprint density at radius 1 is 1.33 bits per heavy atom. The molecule has 0 bridgehead atoms. The molecule has 1 saturated heterocycles. The average Bonchev–Trinajstić information content (AvgIpc) is 2.31. The van der Waals surface area contributed by atoms with E-state index >= 15 is 0 Å². The predicted molar refractivity (Wildman–Crippen MR) is 72.8 cm³/mol. The largest absolute Gasteiger partial charge is 0.377 e. The molecule has 5 unspecified atom stereocenters. The number of hydrogen-bond donors (Lipinski definition) is 1. The number of nitrogens with zero attached hydrogens (tertiary/aromatic N) is 1. The fourth-order valence-electron chi connectivity index (χ4n) is 3.31. The second kappa shape index (κ2) is 6.33. The van der Waals surface area contributed by atoms with Gasteiger partial charge in [0.05, 0.1) is 12.2 Å². The van der Waals surface area contributed by atoms with Crippen molar-refractivity contribution in [1.82, 2.24) is 10.2 Å². The topological polar surface area (TPSA) is 33.7 Å². The number of rotatable bonds is 5. The van der Waals surface area contributed by atoms with E-state index in [1.807, 2.05) is 6.92 Å². The van der Waals surface area contributed by atoms with Crippen LogP contribution in [0.25, 0.3) is 0 Å². The molecule has 18 heavy (non-hydrogen) atoms. The molecule has 1 N–H and O–H groups in total. The summed E-state index contributed by atoms with van der Waals surface area (Å²) in [6.07, 6.45) is 2.85. The van der Waals surface area contributed by atoms with Crippen LogP contribution >= 0.6 is 0 Å². The summed E-state index contributed by atoms with van der Waals surface area (Å²) in [6, 6.07) is 1.11. The van der Waals surface area contributed by atoms with Crippen LogP contribution in [0.4, 0.5) is 0 Å². The minimum atomic E-state index is 0.233. The van der Waals surface area contributed by atoms with Gasteiger partial charge in [0.2, 0.25) is 0 Å². The third-order valence-electron chi connectivity index (χ3n) is 4.44. The minimum Gasteiger partial charge on any atom is -0.377 e. The highest BCUT2D eigenvalue weighted by Gasteiger charge is 2.43. The van der Waals surface area contributed by atoms with Crippen molar-refractivity contribution in [3.8, 4) is 0 Å². The monoisotopic (exact) mass is 256 g/mol. The van der Waals surface area contributed by atoms with Crippen molar-refractivity contribution in [2.75, 3.05) is 33.9 Å². The summed E-state index contributed by atoms with van der Waals surface area (Å²) in [5, 5.41) is 3.78. The van der Waals surface area contributed by atoms with Gasteiger partial charge in [-0.2, -0.15) is 0 Å². The summed E-state index contributed by atoms with van der Waals surface area (Å²) in [6.45, 7) is 7.56. The van der Waals surface area contributed by atoms with Gasteiger partial charge in [0.15, 0.2) is 0 Å². The summed E-state index contributed by atoms with van der Waals surface area (Å²) in [4.78, 5) is 2.42. The van der Waals surface area contributed by atoms with Gasteiger partial charge in [-0.15, -0.1) is 0 Å². The second-order valence-corrected chi connectivity index (χ2v) is 5.84. The van der Waals surface area contributed by atoms with E-state index in [0.717, 1.165) is 13.0 Å². The van der Waals surface area contributed by atoms with E-state index in [0.29, 0.717) is 24.1 Å². The summed E-state index contributed by atoms with van der Waals surface area (Å²) in [5.74, 6) is 0.715. The number of nitrogens with one attached hydrogen (secondary N) is 1. The fourth-order valence-corrected chi connectivity index (χ4v) is 3.31. The summed E-state index contributed by atoms with van der Waals surface area (Å²) in [7, 11) is 4.00. The zero-order valence-electron chi connectivity index (χ0n) is 12.2. The van der Waals surface area contributed by atoms with E-state index in [1.165, 1.54) is 19.5 Å². The van der Waals surface area contributed by atoms with Gasteiger partial charge in [0, 0.05) is 32.3 Å². The number of ether oxygens (including phenoxy) is 2. The van der Waals surface area contributed by atoms with Gasteiger partial charge in [-0.1, -0.05) is 6.92 Å². The lowest BCUT2D eigenvalue weighted by atomic mass is 9.82. The molecule has 4 nitrogen and oxygen atoms in total. The van der Waals surface area contributed by atoms with Crippen molar-refractivity contribution in [3.05, 3.63) is 0 Å². The molecule has 2 rings (SSSR count). The van der Waals surface area contributed by atoms with E-state index in [-0.39, 0.29) is 6.10 Å². The molecule has 0 aromatic heterocycles. The van der Waals surface area contributed by atoms with Crippen molar-refractivity contribution in [1.29, 1.82) is 0 Å². The molecule has 4 heteroatoms. The molecule has 1 aliphatic heterocycles. The van der Waals surface area contributed by atoms with Gasteiger partial charge >= 0.3 is 0 Å². The maximum absolute atomic E-state index is 5.67. The molecule has 0 amide bonds. The lowest BCUT2D eigenvalue weighted by Crippen LogP contribution is -2.63. The Morgan fingerprint density at radius 2 is 2.11 bits per heavy atom. The molecule has 0 spiro atoms. The van der Waals surface area contributed by atoms with Crippen molar-refractivity contribution < 1.29 is 9.47 Å². The van der Waals surface area contributed by atoms with Crippen LogP contribution in [0.2, 0.25) is 0 Å². The fraction of sp³-hybridized carbons (Fsp3) is 1.00. The van der Waals surface area contributed by atoms with Gasteiger partial charge in [-0.05, 0) is 39.3 Å². The molecule has 2 fully saturated rings. The van der Waals surface area contributed by atoms with Crippen LogP contribution < -0.4 is 5.32 Å². The maximum atomic E-state index is 5.67. The number of hydrogen-bond acceptors (Lipinski definition) is 4. The predicted octanol–water partition coefficient (Wildman–Crippen LogP) is 1.11. The van der Waals surface area contributed by atoms with E-state index in [4.69, 9.17) is 9.47 Å². The Kier molecular flexibility index (Phi) is 5.01. The third-order valence-corrected chi connectivity index (χ3v) is 4.44. The smallest absolute Gasteiger partial charge is 0.0986 e. The van der Waals surface area contributed by atoms with Crippen molar-refractivity contribution in [2.45, 2.75) is 51.0 Å². The van der Waals surface area contributed by atoms with Gasteiger partial charge < -0.3 is 19.7 Å². The first kappa shape index (κ1) is 14.3. The van der Waals surface area contributed by atoms with Crippen molar-refractivity contribution in [3.63, 3.8) is 0 Å².